The molecule has 0 unspecified atom stereocenters. The van der Waals surface area contributed by atoms with E-state index in [0.29, 0.717) is 17.0 Å². The summed E-state index contributed by atoms with van der Waals surface area (Å²) in [5, 5.41) is 4.05. The van der Waals surface area contributed by atoms with Crippen molar-refractivity contribution in [3.05, 3.63) is 76.9 Å². The van der Waals surface area contributed by atoms with Crippen LogP contribution in [0.2, 0.25) is 0 Å². The highest BCUT2D eigenvalue weighted by Crippen LogP contribution is 2.31. The number of barbiturate groups is 1. The Morgan fingerprint density at radius 1 is 0.933 bits per heavy atom. The first-order valence-electron chi connectivity index (χ1n) is 9.44. The summed E-state index contributed by atoms with van der Waals surface area (Å²) in [6.07, 6.45) is 1.49. The number of methoxy groups -OCH3 is 1. The number of hydrogen-bond donors (Lipinski definition) is 1. The maximum absolute atomic E-state index is 13.2. The van der Waals surface area contributed by atoms with E-state index in [1.54, 1.807) is 18.2 Å². The van der Waals surface area contributed by atoms with E-state index >= 15 is 0 Å². The van der Waals surface area contributed by atoms with Crippen molar-refractivity contribution in [1.29, 1.82) is 0 Å². The Morgan fingerprint density at radius 2 is 1.63 bits per heavy atom. The highest BCUT2D eigenvalue weighted by atomic mass is 16.5. The Balaban J connectivity index is 1.87. The second-order valence-corrected chi connectivity index (χ2v) is 7.21. The van der Waals surface area contributed by atoms with Gasteiger partial charge in [0.15, 0.2) is 0 Å². The molecule has 0 bridgehead atoms. The van der Waals surface area contributed by atoms with Crippen molar-refractivity contribution in [1.82, 2.24) is 5.32 Å². The zero-order valence-corrected chi connectivity index (χ0v) is 16.9. The number of benzene rings is 3. The molecule has 30 heavy (non-hydrogen) atoms. The molecule has 3 aromatic carbocycles. The van der Waals surface area contributed by atoms with E-state index < -0.39 is 17.8 Å². The molecule has 1 N–H and O–H groups in total. The molecule has 150 valence electrons. The molecule has 1 aliphatic heterocycles. The van der Waals surface area contributed by atoms with Gasteiger partial charge in [0.2, 0.25) is 0 Å². The van der Waals surface area contributed by atoms with Crippen LogP contribution in [0.3, 0.4) is 0 Å². The van der Waals surface area contributed by atoms with Crippen molar-refractivity contribution in [2.75, 3.05) is 12.0 Å². The average molecular weight is 400 g/mol. The highest BCUT2D eigenvalue weighted by Gasteiger charge is 2.37. The van der Waals surface area contributed by atoms with Crippen LogP contribution in [-0.2, 0) is 9.59 Å². The Bertz CT molecular complexity index is 1220. The number of ether oxygens (including phenoxy) is 1. The summed E-state index contributed by atoms with van der Waals surface area (Å²) in [7, 11) is 1.53. The van der Waals surface area contributed by atoms with Gasteiger partial charge in [-0.2, -0.15) is 0 Å². The van der Waals surface area contributed by atoms with Gasteiger partial charge in [-0.3, -0.25) is 14.9 Å². The van der Waals surface area contributed by atoms with E-state index in [0.717, 1.165) is 26.8 Å². The quantitative estimate of drug-likeness (QED) is 0.530. The van der Waals surface area contributed by atoms with Gasteiger partial charge in [0, 0.05) is 5.56 Å². The fraction of sp³-hybridized carbons (Fsp3) is 0.125. The molecule has 6 nitrogen and oxygen atoms in total. The summed E-state index contributed by atoms with van der Waals surface area (Å²) >= 11 is 0. The number of imide groups is 2. The minimum Gasteiger partial charge on any atom is -0.496 e. The molecule has 0 radical (unpaired) electrons. The highest BCUT2D eigenvalue weighted by molar-refractivity contribution is 6.39. The zero-order valence-electron chi connectivity index (χ0n) is 16.9. The lowest BCUT2D eigenvalue weighted by Crippen LogP contribution is -2.54. The third kappa shape index (κ3) is 3.33. The lowest BCUT2D eigenvalue weighted by Gasteiger charge is -2.27. The summed E-state index contributed by atoms with van der Waals surface area (Å²) in [5.74, 6) is -0.888. The monoisotopic (exact) mass is 400 g/mol. The van der Waals surface area contributed by atoms with E-state index in [4.69, 9.17) is 4.74 Å². The number of nitrogens with zero attached hydrogens (tertiary/aromatic N) is 1. The number of nitrogens with one attached hydrogen (secondary N) is 1. The number of anilines is 1. The number of hydrogen-bond acceptors (Lipinski definition) is 4. The van der Waals surface area contributed by atoms with Gasteiger partial charge in [0.1, 0.15) is 11.3 Å². The van der Waals surface area contributed by atoms with Gasteiger partial charge in [0.25, 0.3) is 11.8 Å². The molecule has 0 aliphatic carbocycles. The minimum atomic E-state index is -0.767. The topological polar surface area (TPSA) is 75.7 Å². The Labute approximate surface area is 173 Å². The molecule has 0 aromatic heterocycles. The van der Waals surface area contributed by atoms with Crippen molar-refractivity contribution in [2.24, 2.45) is 0 Å². The predicted molar refractivity (Wildman–Crippen MR) is 115 cm³/mol. The van der Waals surface area contributed by atoms with Crippen LogP contribution in [0.4, 0.5) is 10.5 Å². The van der Waals surface area contributed by atoms with Crippen LogP contribution in [0.1, 0.15) is 16.7 Å². The third-order valence-corrected chi connectivity index (χ3v) is 5.01. The molecule has 1 heterocycles. The van der Waals surface area contributed by atoms with E-state index in [9.17, 15) is 14.4 Å². The fourth-order valence-corrected chi connectivity index (χ4v) is 3.72. The number of carbonyl (C=O) groups excluding carboxylic acids is 3. The maximum Gasteiger partial charge on any atom is 0.335 e. The zero-order chi connectivity index (χ0) is 21.4. The lowest BCUT2D eigenvalue weighted by molar-refractivity contribution is -0.122. The fourth-order valence-electron chi connectivity index (χ4n) is 3.72. The van der Waals surface area contributed by atoms with Gasteiger partial charge in [0.05, 0.1) is 12.8 Å². The molecule has 3 aromatic rings. The van der Waals surface area contributed by atoms with Crippen LogP contribution >= 0.6 is 0 Å². The van der Waals surface area contributed by atoms with Gasteiger partial charge in [-0.25, -0.2) is 9.69 Å². The SMILES string of the molecule is COc1ccc2ccccc2c1/C=C1\C(=O)NC(=O)N(c2cc(C)cc(C)c2)C1=O. The first kappa shape index (κ1) is 19.4. The lowest BCUT2D eigenvalue weighted by atomic mass is 9.99. The number of fused-ring (bicyclic) bond motifs is 1. The molecule has 0 spiro atoms. The number of aryl methyl sites for hydroxylation is 2. The molecule has 0 atom stereocenters. The first-order valence-corrected chi connectivity index (χ1v) is 9.44. The molecular formula is C24H20N2O4. The van der Waals surface area contributed by atoms with E-state index in [1.807, 2.05) is 50.2 Å². The second kappa shape index (κ2) is 7.48. The molecule has 1 saturated heterocycles. The normalized spacial score (nSPS) is 15.6. The molecular weight excluding hydrogens is 380 g/mol. The Kier molecular flexibility index (Phi) is 4.83. The number of carbonyl (C=O) groups is 3. The number of rotatable bonds is 3. The Hall–Kier alpha value is -3.93. The van der Waals surface area contributed by atoms with Crippen LogP contribution < -0.4 is 15.0 Å². The van der Waals surface area contributed by atoms with Crippen molar-refractivity contribution in [3.8, 4) is 5.75 Å². The first-order chi connectivity index (χ1) is 14.4. The molecule has 1 aliphatic rings. The molecule has 6 heteroatoms. The maximum atomic E-state index is 13.2. The van der Waals surface area contributed by atoms with Crippen LogP contribution in [0.25, 0.3) is 16.8 Å². The Morgan fingerprint density at radius 3 is 2.33 bits per heavy atom. The van der Waals surface area contributed by atoms with E-state index in [-0.39, 0.29) is 5.57 Å². The van der Waals surface area contributed by atoms with Crippen molar-refractivity contribution < 1.29 is 19.1 Å². The van der Waals surface area contributed by atoms with Crippen LogP contribution in [0.15, 0.2) is 60.2 Å². The molecule has 1 fully saturated rings. The second-order valence-electron chi connectivity index (χ2n) is 7.21. The number of urea groups is 1. The average Bonchev–Trinajstić information content (AvgIpc) is 2.70. The van der Waals surface area contributed by atoms with Crippen LogP contribution in [-0.4, -0.2) is 25.0 Å². The van der Waals surface area contributed by atoms with Crippen molar-refractivity contribution in [2.45, 2.75) is 13.8 Å². The summed E-state index contributed by atoms with van der Waals surface area (Å²) in [6.45, 7) is 3.76. The van der Waals surface area contributed by atoms with Gasteiger partial charge in [-0.05, 0) is 60.0 Å². The summed E-state index contributed by atoms with van der Waals surface area (Å²) < 4.78 is 5.46. The predicted octanol–water partition coefficient (Wildman–Crippen LogP) is 4.13. The summed E-state index contributed by atoms with van der Waals surface area (Å²) in [6, 6.07) is 15.9. The largest absolute Gasteiger partial charge is 0.496 e. The van der Waals surface area contributed by atoms with Crippen LogP contribution in [0.5, 0.6) is 5.75 Å². The summed E-state index contributed by atoms with van der Waals surface area (Å²) in [5.41, 5.74) is 2.69. The van der Waals surface area contributed by atoms with E-state index in [1.165, 1.54) is 13.2 Å². The van der Waals surface area contributed by atoms with Gasteiger partial charge in [-0.15, -0.1) is 0 Å². The van der Waals surface area contributed by atoms with Crippen molar-refractivity contribution >= 4 is 40.4 Å². The minimum absolute atomic E-state index is 0.136. The molecule has 4 rings (SSSR count). The van der Waals surface area contributed by atoms with Gasteiger partial charge in [-0.1, -0.05) is 36.4 Å². The van der Waals surface area contributed by atoms with Gasteiger partial charge >= 0.3 is 6.03 Å². The standard InChI is InChI=1S/C24H20N2O4/c1-14-10-15(2)12-17(11-14)26-23(28)20(22(27)25-24(26)29)13-19-18-7-5-4-6-16(18)8-9-21(19)30-3/h4-13H,1-3H3,(H,25,27,29)/b20-13+. The summed E-state index contributed by atoms with van der Waals surface area (Å²) in [4.78, 5) is 39.3. The van der Waals surface area contributed by atoms with Crippen molar-refractivity contribution in [3.63, 3.8) is 0 Å². The van der Waals surface area contributed by atoms with Crippen LogP contribution in [0, 0.1) is 13.8 Å². The third-order valence-electron chi connectivity index (χ3n) is 5.01. The van der Waals surface area contributed by atoms with E-state index in [2.05, 4.69) is 5.32 Å². The molecule has 4 amide bonds. The number of amides is 4. The van der Waals surface area contributed by atoms with Gasteiger partial charge < -0.3 is 4.74 Å². The smallest absolute Gasteiger partial charge is 0.335 e. The molecule has 0 saturated carbocycles.